The summed E-state index contributed by atoms with van der Waals surface area (Å²) in [6.07, 6.45) is 37.0. The first kappa shape index (κ1) is 48.9. The Hall–Kier alpha value is -1.14. The highest BCUT2D eigenvalue weighted by Crippen LogP contribution is 2.21. The SMILES string of the molecule is CCCCC.CCCCCCCCC(CCCCCCCC)OC(=O)CCCCCCCN(CCO)CCCCCC(=O)OC1CCCCC1. The average Bonchev–Trinajstić information content (AvgIpc) is 3.11. The zero-order chi connectivity index (χ0) is 36.8. The van der Waals surface area contributed by atoms with Gasteiger partial charge in [-0.15, -0.1) is 0 Å². The number of carbonyl (C=O) groups is 2. The highest BCUT2D eigenvalue weighted by atomic mass is 16.5. The second-order valence-electron chi connectivity index (χ2n) is 15.2. The molecule has 50 heavy (non-hydrogen) atoms. The molecule has 0 bridgehead atoms. The van der Waals surface area contributed by atoms with Crippen LogP contribution in [0, 0.1) is 0 Å². The molecule has 1 saturated carbocycles. The number of hydrogen-bond acceptors (Lipinski definition) is 6. The molecule has 0 amide bonds. The Morgan fingerprint density at radius 1 is 0.540 bits per heavy atom. The predicted molar refractivity (Wildman–Crippen MR) is 214 cm³/mol. The molecule has 1 aliphatic rings. The van der Waals surface area contributed by atoms with E-state index in [1.54, 1.807) is 0 Å². The van der Waals surface area contributed by atoms with Crippen LogP contribution >= 0.6 is 0 Å². The summed E-state index contributed by atoms with van der Waals surface area (Å²) < 4.78 is 11.6. The van der Waals surface area contributed by atoms with Gasteiger partial charge in [-0.3, -0.25) is 9.59 Å². The van der Waals surface area contributed by atoms with Crippen molar-refractivity contribution in [3.63, 3.8) is 0 Å². The van der Waals surface area contributed by atoms with Gasteiger partial charge < -0.3 is 19.5 Å². The zero-order valence-electron chi connectivity index (χ0n) is 34.1. The van der Waals surface area contributed by atoms with Crippen LogP contribution in [0.2, 0.25) is 0 Å². The topological polar surface area (TPSA) is 76.1 Å². The van der Waals surface area contributed by atoms with Crippen molar-refractivity contribution in [1.82, 2.24) is 4.90 Å². The van der Waals surface area contributed by atoms with Gasteiger partial charge in [0, 0.05) is 19.4 Å². The lowest BCUT2D eigenvalue weighted by molar-refractivity contribution is -0.151. The molecule has 0 aromatic rings. The van der Waals surface area contributed by atoms with Crippen molar-refractivity contribution < 1.29 is 24.2 Å². The molecule has 0 saturated heterocycles. The molecule has 6 heteroatoms. The number of aliphatic hydroxyl groups is 1. The predicted octanol–water partition coefficient (Wildman–Crippen LogP) is 12.7. The molecule has 0 heterocycles. The standard InChI is InChI=1S/C39H75NO5.C5H12/c1-3-5-7-9-12-18-26-36(27-19-13-10-8-6-4-2)44-38(42)30-22-14-11-15-24-32-40(34-35-41)33-25-17-23-31-39(43)45-37-28-20-16-21-29-37;1-3-5-4-2/h36-37,41H,3-35H2,1-2H3;3-5H2,1-2H3. The average molecular weight is 710 g/mol. The first-order chi connectivity index (χ1) is 24.5. The third-order valence-corrected chi connectivity index (χ3v) is 10.2. The number of carbonyl (C=O) groups excluding carboxylic acids is 2. The van der Waals surface area contributed by atoms with Crippen LogP contribution in [0.25, 0.3) is 0 Å². The molecular formula is C44H87NO5. The van der Waals surface area contributed by atoms with Crippen LogP contribution in [0.3, 0.4) is 0 Å². The molecular weight excluding hydrogens is 622 g/mol. The van der Waals surface area contributed by atoms with E-state index in [2.05, 4.69) is 32.6 Å². The van der Waals surface area contributed by atoms with Crippen molar-refractivity contribution >= 4 is 11.9 Å². The van der Waals surface area contributed by atoms with E-state index in [4.69, 9.17) is 9.47 Å². The molecule has 1 fully saturated rings. The fourth-order valence-corrected chi connectivity index (χ4v) is 6.99. The Kier molecular flexibility index (Phi) is 38.2. The van der Waals surface area contributed by atoms with Crippen molar-refractivity contribution in [1.29, 1.82) is 0 Å². The minimum absolute atomic E-state index is 0.00772. The molecule has 0 atom stereocenters. The van der Waals surface area contributed by atoms with Crippen LogP contribution in [0.4, 0.5) is 0 Å². The van der Waals surface area contributed by atoms with Gasteiger partial charge in [0.25, 0.3) is 0 Å². The molecule has 1 N–H and O–H groups in total. The Balaban J connectivity index is 0.00000445. The summed E-state index contributed by atoms with van der Waals surface area (Å²) in [6, 6.07) is 0. The van der Waals surface area contributed by atoms with E-state index in [1.807, 2.05) is 0 Å². The van der Waals surface area contributed by atoms with Gasteiger partial charge in [0.05, 0.1) is 6.61 Å². The van der Waals surface area contributed by atoms with E-state index in [-0.39, 0.29) is 30.8 Å². The monoisotopic (exact) mass is 710 g/mol. The van der Waals surface area contributed by atoms with Crippen LogP contribution < -0.4 is 0 Å². The molecule has 0 spiro atoms. The lowest BCUT2D eigenvalue weighted by Crippen LogP contribution is -2.29. The van der Waals surface area contributed by atoms with Crippen molar-refractivity contribution in [3.05, 3.63) is 0 Å². The molecule has 0 aliphatic heterocycles. The number of aliphatic hydroxyl groups excluding tert-OH is 1. The summed E-state index contributed by atoms with van der Waals surface area (Å²) in [5.74, 6) is -0.0168. The van der Waals surface area contributed by atoms with Crippen molar-refractivity contribution in [2.24, 2.45) is 0 Å². The summed E-state index contributed by atoms with van der Waals surface area (Å²) in [5.41, 5.74) is 0. The Bertz CT molecular complexity index is 693. The highest BCUT2D eigenvalue weighted by Gasteiger charge is 2.17. The minimum atomic E-state index is -0.0245. The van der Waals surface area contributed by atoms with E-state index >= 15 is 0 Å². The molecule has 298 valence electrons. The van der Waals surface area contributed by atoms with Gasteiger partial charge in [-0.25, -0.2) is 0 Å². The van der Waals surface area contributed by atoms with E-state index in [0.29, 0.717) is 19.4 Å². The first-order valence-corrected chi connectivity index (χ1v) is 22.2. The molecule has 0 unspecified atom stereocenters. The van der Waals surface area contributed by atoms with Crippen LogP contribution in [0.15, 0.2) is 0 Å². The van der Waals surface area contributed by atoms with Crippen molar-refractivity contribution in [3.8, 4) is 0 Å². The van der Waals surface area contributed by atoms with E-state index < -0.39 is 0 Å². The molecule has 1 aliphatic carbocycles. The first-order valence-electron chi connectivity index (χ1n) is 22.2. The number of ether oxygens (including phenoxy) is 2. The molecule has 0 aromatic heterocycles. The molecule has 6 nitrogen and oxygen atoms in total. The van der Waals surface area contributed by atoms with Crippen LogP contribution in [-0.4, -0.2) is 60.4 Å². The van der Waals surface area contributed by atoms with Crippen LogP contribution in [0.1, 0.15) is 233 Å². The molecule has 1 rings (SSSR count). The molecule has 0 radical (unpaired) electrons. The number of hydrogen-bond donors (Lipinski definition) is 1. The summed E-state index contributed by atoms with van der Waals surface area (Å²) in [5, 5.41) is 9.49. The maximum absolute atomic E-state index is 12.6. The quantitative estimate of drug-likeness (QED) is 0.0529. The maximum atomic E-state index is 12.6. The van der Waals surface area contributed by atoms with Crippen LogP contribution in [0.5, 0.6) is 0 Å². The maximum Gasteiger partial charge on any atom is 0.306 e. The molecule has 0 aromatic carbocycles. The fourth-order valence-electron chi connectivity index (χ4n) is 6.99. The van der Waals surface area contributed by atoms with E-state index in [0.717, 1.165) is 90.1 Å². The minimum Gasteiger partial charge on any atom is -0.462 e. The Morgan fingerprint density at radius 3 is 1.48 bits per heavy atom. The zero-order valence-corrected chi connectivity index (χ0v) is 34.1. The highest BCUT2D eigenvalue weighted by molar-refractivity contribution is 5.69. The summed E-state index contributed by atoms with van der Waals surface area (Å²) in [4.78, 5) is 27.1. The largest absolute Gasteiger partial charge is 0.462 e. The second kappa shape index (κ2) is 39.1. The number of rotatable bonds is 34. The smallest absolute Gasteiger partial charge is 0.306 e. The summed E-state index contributed by atoms with van der Waals surface area (Å²) >= 11 is 0. The van der Waals surface area contributed by atoms with Crippen molar-refractivity contribution in [2.45, 2.75) is 245 Å². The van der Waals surface area contributed by atoms with Gasteiger partial charge in [0.1, 0.15) is 12.2 Å². The van der Waals surface area contributed by atoms with E-state index in [1.165, 1.54) is 116 Å². The van der Waals surface area contributed by atoms with E-state index in [9.17, 15) is 14.7 Å². The summed E-state index contributed by atoms with van der Waals surface area (Å²) in [7, 11) is 0. The van der Waals surface area contributed by atoms with Gasteiger partial charge in [-0.05, 0) is 90.1 Å². The number of nitrogens with zero attached hydrogens (tertiary/aromatic N) is 1. The summed E-state index contributed by atoms with van der Waals surface area (Å²) in [6.45, 7) is 11.8. The lowest BCUT2D eigenvalue weighted by Gasteiger charge is -2.22. The fraction of sp³-hybridized carbons (Fsp3) is 0.955. The Labute approximate surface area is 312 Å². The number of unbranched alkanes of at least 4 members (excludes halogenated alkanes) is 18. The number of esters is 2. The second-order valence-corrected chi connectivity index (χ2v) is 15.2. The Morgan fingerprint density at radius 2 is 0.980 bits per heavy atom. The van der Waals surface area contributed by atoms with Gasteiger partial charge in [-0.1, -0.05) is 143 Å². The van der Waals surface area contributed by atoms with Gasteiger partial charge in [0.2, 0.25) is 0 Å². The lowest BCUT2D eigenvalue weighted by atomic mass is 9.98. The normalized spacial score (nSPS) is 13.4. The van der Waals surface area contributed by atoms with Gasteiger partial charge >= 0.3 is 11.9 Å². The van der Waals surface area contributed by atoms with Crippen molar-refractivity contribution in [2.75, 3.05) is 26.2 Å². The van der Waals surface area contributed by atoms with Crippen LogP contribution in [-0.2, 0) is 19.1 Å². The third kappa shape index (κ3) is 34.0. The van der Waals surface area contributed by atoms with Gasteiger partial charge in [-0.2, -0.15) is 0 Å². The third-order valence-electron chi connectivity index (χ3n) is 10.2. The van der Waals surface area contributed by atoms with Gasteiger partial charge in [0.15, 0.2) is 0 Å².